The van der Waals surface area contributed by atoms with Crippen LogP contribution in [0.4, 0.5) is 11.6 Å². The molecule has 1 aliphatic rings. The Hall–Kier alpha value is -3.34. The van der Waals surface area contributed by atoms with Crippen molar-refractivity contribution in [1.82, 2.24) is 25.9 Å². The van der Waals surface area contributed by atoms with Gasteiger partial charge in [-0.1, -0.05) is 19.9 Å². The average Bonchev–Trinajstić information content (AvgIpc) is 2.99. The van der Waals surface area contributed by atoms with Crippen LogP contribution in [-0.2, 0) is 13.0 Å². The molecular formula is C34H55N7O3. The second-order valence-corrected chi connectivity index (χ2v) is 11.9. The van der Waals surface area contributed by atoms with Crippen LogP contribution in [0.1, 0.15) is 69.7 Å². The molecule has 0 aliphatic carbocycles. The number of benzene rings is 2. The van der Waals surface area contributed by atoms with E-state index in [2.05, 4.69) is 79.7 Å². The maximum absolute atomic E-state index is 6.32. The topological polar surface area (TPSA) is 124 Å². The molecule has 0 saturated carbocycles. The third-order valence-electron chi connectivity index (χ3n) is 8.58. The Kier molecular flexibility index (Phi) is 12.9. The quantitative estimate of drug-likeness (QED) is 0.228. The van der Waals surface area contributed by atoms with Crippen molar-refractivity contribution in [3.8, 4) is 17.2 Å². The van der Waals surface area contributed by atoms with E-state index in [0.717, 1.165) is 98.6 Å². The van der Waals surface area contributed by atoms with Crippen LogP contribution < -0.4 is 31.0 Å². The number of aromatic nitrogens is 2. The molecule has 1 aromatic heterocycles. The second-order valence-electron chi connectivity index (χ2n) is 11.9. The molecule has 44 heavy (non-hydrogen) atoms. The Morgan fingerprint density at radius 1 is 1.00 bits per heavy atom. The molecule has 0 atom stereocenters. The summed E-state index contributed by atoms with van der Waals surface area (Å²) >= 11 is 0. The lowest BCUT2D eigenvalue weighted by Crippen LogP contribution is -2.33. The van der Waals surface area contributed by atoms with Crippen LogP contribution in [0.2, 0.25) is 0 Å². The summed E-state index contributed by atoms with van der Waals surface area (Å²) in [4.78, 5) is 16.7. The highest BCUT2D eigenvalue weighted by molar-refractivity contribution is 5.90. The number of hydrogen-bond acceptors (Lipinski definition) is 10. The van der Waals surface area contributed by atoms with E-state index in [0.29, 0.717) is 11.7 Å². The first-order valence-electron chi connectivity index (χ1n) is 15.8. The number of methoxy groups -OCH3 is 2. The first-order chi connectivity index (χ1) is 20.7. The highest BCUT2D eigenvalue weighted by Crippen LogP contribution is 2.42. The van der Waals surface area contributed by atoms with Crippen molar-refractivity contribution in [2.45, 2.75) is 71.9 Å². The van der Waals surface area contributed by atoms with Gasteiger partial charge in [0.25, 0.3) is 0 Å². The number of fused-ring (bicyclic) bond motifs is 1. The molecule has 0 bridgehead atoms. The predicted octanol–water partition coefficient (Wildman–Crippen LogP) is 5.90. The van der Waals surface area contributed by atoms with Crippen LogP contribution in [0.15, 0.2) is 24.3 Å². The van der Waals surface area contributed by atoms with E-state index >= 15 is 0 Å². The molecule has 244 valence electrons. The van der Waals surface area contributed by atoms with E-state index in [1.165, 1.54) is 11.3 Å². The molecule has 1 saturated heterocycles. The third kappa shape index (κ3) is 8.02. The Balaban J connectivity index is 0.00000529. The molecule has 0 unspecified atom stereocenters. The third-order valence-corrected chi connectivity index (χ3v) is 8.58. The molecule has 10 nitrogen and oxygen atoms in total. The van der Waals surface area contributed by atoms with Crippen molar-refractivity contribution in [3.63, 3.8) is 0 Å². The Bertz CT molecular complexity index is 1350. The van der Waals surface area contributed by atoms with Crippen molar-refractivity contribution >= 4 is 22.5 Å². The van der Waals surface area contributed by atoms with E-state index in [-0.39, 0.29) is 18.2 Å². The number of nitrogens with two attached hydrogens (primary N) is 1. The SMILES string of the molecule is CCN(CC)CCCc1c(OC)c(OC)cc2nc(N)nc(C3CCN(Cc4c(OC(C)C)cccc4N(C)C)CC3)c12.N. The van der Waals surface area contributed by atoms with Gasteiger partial charge in [-0.25, -0.2) is 9.97 Å². The number of piperidine rings is 1. The Morgan fingerprint density at radius 2 is 1.70 bits per heavy atom. The molecule has 2 heterocycles. The van der Waals surface area contributed by atoms with Gasteiger partial charge in [0.05, 0.1) is 31.5 Å². The molecule has 5 N–H and O–H groups in total. The van der Waals surface area contributed by atoms with Gasteiger partial charge in [0.1, 0.15) is 5.75 Å². The lowest BCUT2D eigenvalue weighted by Gasteiger charge is -2.34. The fraction of sp³-hybridized carbons (Fsp3) is 0.588. The summed E-state index contributed by atoms with van der Waals surface area (Å²) in [5.41, 5.74) is 11.8. The van der Waals surface area contributed by atoms with Crippen molar-refractivity contribution in [1.29, 1.82) is 0 Å². The summed E-state index contributed by atoms with van der Waals surface area (Å²) in [6.45, 7) is 14.5. The first-order valence-corrected chi connectivity index (χ1v) is 15.8. The zero-order valence-electron chi connectivity index (χ0n) is 28.3. The standard InChI is InChI=1S/C34H52N6O3.H3N/c1-9-39(10-2)18-12-13-25-31-27(21-30(41-7)33(25)42-8)36-34(35)37-32(31)24-16-19-40(20-17-24)22-26-28(38(5)6)14-11-15-29(26)43-23(3)4;/h11,14-15,21,23-24H,9-10,12-13,16-20,22H2,1-8H3,(H2,35,36,37);1H3. The van der Waals surface area contributed by atoms with Crippen molar-refractivity contribution in [3.05, 3.63) is 41.1 Å². The molecular weight excluding hydrogens is 554 g/mol. The predicted molar refractivity (Wildman–Crippen MR) is 182 cm³/mol. The van der Waals surface area contributed by atoms with Crippen molar-refractivity contribution < 1.29 is 14.2 Å². The minimum Gasteiger partial charge on any atom is -0.493 e. The van der Waals surface area contributed by atoms with Crippen LogP contribution >= 0.6 is 0 Å². The zero-order valence-corrected chi connectivity index (χ0v) is 28.3. The number of aryl methyl sites for hydroxylation is 1. The van der Waals surface area contributed by atoms with E-state index in [9.17, 15) is 0 Å². The van der Waals surface area contributed by atoms with E-state index in [1.807, 2.05) is 6.07 Å². The van der Waals surface area contributed by atoms with Gasteiger partial charge >= 0.3 is 0 Å². The zero-order chi connectivity index (χ0) is 31.1. The second kappa shape index (κ2) is 16.1. The summed E-state index contributed by atoms with van der Waals surface area (Å²) in [5, 5.41) is 1.08. The van der Waals surface area contributed by atoms with Crippen LogP contribution in [-0.4, -0.2) is 86.9 Å². The number of nitrogens with zero attached hydrogens (tertiary/aromatic N) is 5. The highest BCUT2D eigenvalue weighted by Gasteiger charge is 2.28. The van der Waals surface area contributed by atoms with Crippen LogP contribution in [0, 0.1) is 0 Å². The summed E-state index contributed by atoms with van der Waals surface area (Å²) in [6.07, 6.45) is 3.96. The number of rotatable bonds is 14. The lowest BCUT2D eigenvalue weighted by atomic mass is 9.88. The van der Waals surface area contributed by atoms with Gasteiger partial charge in [0.2, 0.25) is 5.95 Å². The maximum Gasteiger partial charge on any atom is 0.220 e. The summed E-state index contributed by atoms with van der Waals surface area (Å²) in [6, 6.07) is 8.30. The van der Waals surface area contributed by atoms with Gasteiger partial charge < -0.3 is 35.9 Å². The molecule has 0 radical (unpaired) electrons. The van der Waals surface area contributed by atoms with Crippen molar-refractivity contribution in [2.24, 2.45) is 0 Å². The highest BCUT2D eigenvalue weighted by atomic mass is 16.5. The average molecular weight is 610 g/mol. The van der Waals surface area contributed by atoms with Gasteiger partial charge in [0.15, 0.2) is 11.5 Å². The van der Waals surface area contributed by atoms with Gasteiger partial charge in [-0.3, -0.25) is 4.90 Å². The number of nitrogen functional groups attached to an aromatic ring is 1. The molecule has 1 aliphatic heterocycles. The monoisotopic (exact) mass is 609 g/mol. The van der Waals surface area contributed by atoms with Gasteiger partial charge in [-0.05, 0) is 84.4 Å². The van der Waals surface area contributed by atoms with Crippen LogP contribution in [0.25, 0.3) is 10.9 Å². The molecule has 10 heteroatoms. The molecule has 0 spiro atoms. The van der Waals surface area contributed by atoms with E-state index < -0.39 is 0 Å². The largest absolute Gasteiger partial charge is 0.493 e. The molecule has 1 fully saturated rings. The van der Waals surface area contributed by atoms with Gasteiger partial charge in [0, 0.05) is 54.8 Å². The lowest BCUT2D eigenvalue weighted by molar-refractivity contribution is 0.195. The summed E-state index contributed by atoms with van der Waals surface area (Å²) < 4.78 is 18.0. The van der Waals surface area contributed by atoms with E-state index in [1.54, 1.807) is 14.2 Å². The number of ether oxygens (including phenoxy) is 3. The number of likely N-dealkylation sites (tertiary alicyclic amines) is 1. The number of hydrogen-bond donors (Lipinski definition) is 2. The molecule has 3 aromatic rings. The maximum atomic E-state index is 6.32. The van der Waals surface area contributed by atoms with Gasteiger partial charge in [-0.2, -0.15) is 0 Å². The van der Waals surface area contributed by atoms with Crippen LogP contribution in [0.5, 0.6) is 17.2 Å². The normalized spacial score (nSPS) is 14.2. The fourth-order valence-electron chi connectivity index (χ4n) is 6.39. The van der Waals surface area contributed by atoms with Crippen LogP contribution in [0.3, 0.4) is 0 Å². The minimum atomic E-state index is 0. The minimum absolute atomic E-state index is 0. The van der Waals surface area contributed by atoms with E-state index in [4.69, 9.17) is 24.9 Å². The number of anilines is 2. The van der Waals surface area contributed by atoms with Gasteiger partial charge in [-0.15, -0.1) is 0 Å². The molecule has 2 aromatic carbocycles. The van der Waals surface area contributed by atoms with Crippen molar-refractivity contribution in [2.75, 3.05) is 71.7 Å². The molecule has 0 amide bonds. The Labute approximate surface area is 264 Å². The molecule has 4 rings (SSSR count). The Morgan fingerprint density at radius 3 is 2.30 bits per heavy atom. The first kappa shape index (κ1) is 35.1. The summed E-state index contributed by atoms with van der Waals surface area (Å²) in [5.74, 6) is 3.01. The smallest absolute Gasteiger partial charge is 0.220 e. The fourth-order valence-corrected chi connectivity index (χ4v) is 6.39. The summed E-state index contributed by atoms with van der Waals surface area (Å²) in [7, 11) is 7.59.